The second kappa shape index (κ2) is 21.1. The topological polar surface area (TPSA) is 127 Å². The Morgan fingerprint density at radius 2 is 1.04 bits per heavy atom. The van der Waals surface area contributed by atoms with Gasteiger partial charge in [-0.15, -0.1) is 0 Å². The monoisotopic (exact) mass is 408 g/mol. The van der Waals surface area contributed by atoms with E-state index in [2.05, 4.69) is 13.8 Å². The van der Waals surface area contributed by atoms with Crippen molar-refractivity contribution >= 4 is 51.9 Å². The molecule has 0 bridgehead atoms. The quantitative estimate of drug-likeness (QED) is 0.206. The molecular formula is C16H33NaO8S. The van der Waals surface area contributed by atoms with Gasteiger partial charge in [-0.25, -0.2) is 0 Å². The molecule has 0 aromatic heterocycles. The van der Waals surface area contributed by atoms with Gasteiger partial charge in [-0.05, 0) is 12.8 Å². The van der Waals surface area contributed by atoms with Crippen molar-refractivity contribution in [3.63, 3.8) is 0 Å². The molecule has 0 unspecified atom stereocenters. The van der Waals surface area contributed by atoms with E-state index in [0.29, 0.717) is 13.2 Å². The van der Waals surface area contributed by atoms with Crippen molar-refractivity contribution in [2.45, 2.75) is 78.1 Å². The van der Waals surface area contributed by atoms with Crippen molar-refractivity contribution in [1.29, 1.82) is 0 Å². The van der Waals surface area contributed by atoms with E-state index in [1.807, 2.05) is 0 Å². The zero-order chi connectivity index (χ0) is 19.6. The van der Waals surface area contributed by atoms with Crippen molar-refractivity contribution in [2.24, 2.45) is 0 Å². The third-order valence-electron chi connectivity index (χ3n) is 3.06. The molecule has 0 atom stereocenters. The van der Waals surface area contributed by atoms with Crippen LogP contribution >= 0.6 is 0 Å². The molecule has 0 radical (unpaired) electrons. The Morgan fingerprint density at radius 3 is 1.31 bits per heavy atom. The molecule has 0 saturated heterocycles. The summed E-state index contributed by atoms with van der Waals surface area (Å²) in [7, 11) is -4.67. The molecule has 0 saturated carbocycles. The predicted octanol–water partition coefficient (Wildman–Crippen LogP) is 2.71. The summed E-state index contributed by atoms with van der Waals surface area (Å²) in [5.74, 6) is -0.603. The van der Waals surface area contributed by atoms with Crippen LogP contribution in [-0.2, 0) is 29.5 Å². The molecule has 0 aromatic carbocycles. The van der Waals surface area contributed by atoms with Gasteiger partial charge in [0.25, 0.3) is 0 Å². The fourth-order valence-electron chi connectivity index (χ4n) is 1.78. The fourth-order valence-corrected chi connectivity index (χ4v) is 1.78. The first kappa shape index (κ1) is 30.5. The summed E-state index contributed by atoms with van der Waals surface area (Å²) in [6, 6.07) is 0. The first-order chi connectivity index (χ1) is 11.7. The molecule has 8 nitrogen and oxygen atoms in total. The molecule has 0 aliphatic heterocycles. The summed E-state index contributed by atoms with van der Waals surface area (Å²) < 4.78 is 41.7. The van der Waals surface area contributed by atoms with Crippen LogP contribution in [0, 0.1) is 0 Å². The van der Waals surface area contributed by atoms with Crippen molar-refractivity contribution in [3.05, 3.63) is 0 Å². The molecule has 0 heterocycles. The van der Waals surface area contributed by atoms with E-state index < -0.39 is 10.4 Å². The van der Waals surface area contributed by atoms with Gasteiger partial charge in [0.05, 0.1) is 26.1 Å². The maximum absolute atomic E-state index is 11.4. The molecule has 0 spiro atoms. The zero-order valence-corrected chi connectivity index (χ0v) is 16.1. The minimum absolute atomic E-state index is 0. The standard InChI is InChI=1S/C16H30O4.Na.H2O4S.H/c1-3-5-7-9-13-19-15(17)11-12-16(18)20-14-10-8-6-4-2;;1-5(2,3)4;/h3-14H2,1-2H3;;(H2,1,2,3,4);. The first-order valence-corrected chi connectivity index (χ1v) is 10.1. The summed E-state index contributed by atoms with van der Waals surface area (Å²) >= 11 is 0. The average Bonchev–Trinajstić information content (AvgIpc) is 2.51. The molecule has 0 amide bonds. The van der Waals surface area contributed by atoms with Crippen molar-refractivity contribution in [3.8, 4) is 0 Å². The predicted molar refractivity (Wildman–Crippen MR) is 101 cm³/mol. The molecular weight excluding hydrogens is 375 g/mol. The van der Waals surface area contributed by atoms with Crippen LogP contribution in [0.2, 0.25) is 0 Å². The SMILES string of the molecule is CCCCCCOC(=O)CCC(=O)OCCCCCC.O=S(=O)(O)O.[NaH]. The fraction of sp³-hybridized carbons (Fsp3) is 0.875. The summed E-state index contributed by atoms with van der Waals surface area (Å²) in [6.07, 6.45) is 8.90. The first-order valence-electron chi connectivity index (χ1n) is 8.71. The number of carbonyl (C=O) groups is 2. The van der Waals surface area contributed by atoms with Gasteiger partial charge in [0, 0.05) is 0 Å². The van der Waals surface area contributed by atoms with Gasteiger partial charge < -0.3 is 9.47 Å². The Hall–Kier alpha value is -0.190. The van der Waals surface area contributed by atoms with Crippen molar-refractivity contribution in [1.82, 2.24) is 0 Å². The summed E-state index contributed by atoms with van der Waals surface area (Å²) in [4.78, 5) is 22.7. The van der Waals surface area contributed by atoms with Crippen LogP contribution < -0.4 is 0 Å². The van der Waals surface area contributed by atoms with Gasteiger partial charge in [0.15, 0.2) is 0 Å². The number of hydrogen-bond acceptors (Lipinski definition) is 6. The average molecular weight is 408 g/mol. The normalized spacial score (nSPS) is 10.2. The zero-order valence-electron chi connectivity index (χ0n) is 15.2. The van der Waals surface area contributed by atoms with E-state index in [9.17, 15) is 9.59 Å². The van der Waals surface area contributed by atoms with Gasteiger partial charge in [0.2, 0.25) is 0 Å². The third-order valence-corrected chi connectivity index (χ3v) is 3.06. The number of carbonyl (C=O) groups excluding carboxylic acids is 2. The number of hydrogen-bond donors (Lipinski definition) is 2. The van der Waals surface area contributed by atoms with E-state index in [1.54, 1.807) is 0 Å². The van der Waals surface area contributed by atoms with Crippen LogP contribution in [-0.4, -0.2) is 72.2 Å². The Labute approximate surface area is 179 Å². The molecule has 26 heavy (non-hydrogen) atoms. The van der Waals surface area contributed by atoms with Crippen LogP contribution in [0.25, 0.3) is 0 Å². The number of unbranched alkanes of at least 4 members (excludes halogenated alkanes) is 6. The van der Waals surface area contributed by atoms with E-state index in [4.69, 9.17) is 27.0 Å². The second-order valence-corrected chi connectivity index (χ2v) is 6.41. The van der Waals surface area contributed by atoms with Gasteiger partial charge in [-0.1, -0.05) is 52.4 Å². The second-order valence-electron chi connectivity index (χ2n) is 5.51. The number of rotatable bonds is 13. The molecule has 0 aromatic rings. The molecule has 2 N–H and O–H groups in total. The van der Waals surface area contributed by atoms with Crippen LogP contribution in [0.4, 0.5) is 0 Å². The molecule has 0 rings (SSSR count). The van der Waals surface area contributed by atoms with E-state index in [1.165, 1.54) is 12.8 Å². The van der Waals surface area contributed by atoms with Gasteiger partial charge >= 0.3 is 51.9 Å². The van der Waals surface area contributed by atoms with Gasteiger partial charge in [0.1, 0.15) is 0 Å². The Balaban J connectivity index is -0.000000772. The van der Waals surface area contributed by atoms with Crippen LogP contribution in [0.5, 0.6) is 0 Å². The van der Waals surface area contributed by atoms with Gasteiger partial charge in [-0.2, -0.15) is 8.42 Å². The van der Waals surface area contributed by atoms with E-state index >= 15 is 0 Å². The van der Waals surface area contributed by atoms with E-state index in [0.717, 1.165) is 38.5 Å². The Morgan fingerprint density at radius 1 is 0.731 bits per heavy atom. The van der Waals surface area contributed by atoms with E-state index in [-0.39, 0.29) is 54.3 Å². The van der Waals surface area contributed by atoms with Crippen molar-refractivity contribution in [2.75, 3.05) is 13.2 Å². The molecule has 152 valence electrons. The maximum atomic E-state index is 11.4. The van der Waals surface area contributed by atoms with Crippen LogP contribution in [0.3, 0.4) is 0 Å². The molecule has 10 heteroatoms. The molecule has 0 aliphatic carbocycles. The Kier molecular flexibility index (Phi) is 24.8. The Bertz CT molecular complexity index is 406. The minimum atomic E-state index is -4.67. The summed E-state index contributed by atoms with van der Waals surface area (Å²) in [5, 5.41) is 0. The molecule has 0 fully saturated rings. The molecule has 0 aliphatic rings. The number of ether oxygens (including phenoxy) is 2. The third kappa shape index (κ3) is 35.0. The van der Waals surface area contributed by atoms with Gasteiger partial charge in [-0.3, -0.25) is 18.7 Å². The summed E-state index contributed by atoms with van der Waals surface area (Å²) in [6.45, 7) is 5.20. The van der Waals surface area contributed by atoms with Crippen molar-refractivity contribution < 1.29 is 36.6 Å². The summed E-state index contributed by atoms with van der Waals surface area (Å²) in [5.41, 5.74) is 0. The van der Waals surface area contributed by atoms with Crippen LogP contribution in [0.1, 0.15) is 78.1 Å². The van der Waals surface area contributed by atoms with Crippen LogP contribution in [0.15, 0.2) is 0 Å². The number of esters is 2.